The van der Waals surface area contributed by atoms with E-state index in [1.54, 1.807) is 30.3 Å². The van der Waals surface area contributed by atoms with Crippen LogP contribution in [0.5, 0.6) is 0 Å². The molecule has 150 valence electrons. The van der Waals surface area contributed by atoms with Crippen LogP contribution in [0.25, 0.3) is 0 Å². The molecule has 0 spiro atoms. The normalized spacial score (nSPS) is 17.9. The molecule has 2 N–H and O–H groups in total. The molecule has 0 aliphatic carbocycles. The number of halogens is 3. The molecule has 1 aromatic carbocycles. The maximum Gasteiger partial charge on any atom is 0.434 e. The lowest BCUT2D eigenvalue weighted by molar-refractivity contribution is -0.141. The minimum atomic E-state index is -4.80. The minimum Gasteiger partial charge on any atom is -0.378 e. The summed E-state index contributed by atoms with van der Waals surface area (Å²) in [5.41, 5.74) is -1.37. The van der Waals surface area contributed by atoms with E-state index >= 15 is 0 Å². The van der Waals surface area contributed by atoms with Crippen molar-refractivity contribution in [3.8, 4) is 0 Å². The number of amides is 1. The summed E-state index contributed by atoms with van der Waals surface area (Å²) in [5.74, 6) is -1.12. The van der Waals surface area contributed by atoms with Crippen LogP contribution in [-0.4, -0.2) is 60.2 Å². The predicted octanol–water partition coefficient (Wildman–Crippen LogP) is 2.30. The van der Waals surface area contributed by atoms with Crippen LogP contribution < -0.4 is 10.6 Å². The Kier molecular flexibility index (Phi) is 6.10. The predicted molar refractivity (Wildman–Crippen MR) is 96.3 cm³/mol. The van der Waals surface area contributed by atoms with Crippen LogP contribution in [0.3, 0.4) is 0 Å². The Bertz CT molecular complexity index is 817. The maximum atomic E-state index is 13.5. The number of morpholine rings is 1. The van der Waals surface area contributed by atoms with Crippen LogP contribution in [0.15, 0.2) is 36.5 Å². The van der Waals surface area contributed by atoms with E-state index in [4.69, 9.17) is 4.74 Å². The van der Waals surface area contributed by atoms with E-state index in [1.807, 2.05) is 11.9 Å². The molecule has 28 heavy (non-hydrogen) atoms. The van der Waals surface area contributed by atoms with E-state index in [0.717, 1.165) is 6.20 Å². The first-order valence-corrected chi connectivity index (χ1v) is 8.67. The molecule has 2 heterocycles. The zero-order chi connectivity index (χ0) is 20.1. The second kappa shape index (κ2) is 8.53. The quantitative estimate of drug-likeness (QED) is 0.809. The third-order valence-corrected chi connectivity index (χ3v) is 4.35. The number of aromatic nitrogens is 2. The molecule has 10 heteroatoms. The number of carbonyl (C=O) groups is 1. The Morgan fingerprint density at radius 3 is 2.75 bits per heavy atom. The fourth-order valence-electron chi connectivity index (χ4n) is 2.73. The molecule has 3 rings (SSSR count). The first-order chi connectivity index (χ1) is 13.3. The van der Waals surface area contributed by atoms with Crippen molar-refractivity contribution in [3.63, 3.8) is 0 Å². The standard InChI is InChI=1S/C18H20F3N5O2/c1-26-7-8-28-11-13(26)9-22-16(27)14-10-23-17(25-15(14)18(19,20)21)24-12-5-3-2-4-6-12/h2-6,10,13H,7-9,11H2,1H3,(H,22,27)(H,23,24,25). The molecule has 1 aliphatic heterocycles. The van der Waals surface area contributed by atoms with Crippen molar-refractivity contribution in [2.24, 2.45) is 0 Å². The van der Waals surface area contributed by atoms with Gasteiger partial charge in [-0.1, -0.05) is 18.2 Å². The summed E-state index contributed by atoms with van der Waals surface area (Å²) in [6.45, 7) is 1.84. The Balaban J connectivity index is 1.76. The summed E-state index contributed by atoms with van der Waals surface area (Å²) in [6.07, 6.45) is -3.91. The van der Waals surface area contributed by atoms with Gasteiger partial charge in [0.25, 0.3) is 5.91 Å². The number of benzene rings is 1. The highest BCUT2D eigenvalue weighted by Gasteiger charge is 2.38. The van der Waals surface area contributed by atoms with Crippen molar-refractivity contribution >= 4 is 17.5 Å². The number of alkyl halides is 3. The van der Waals surface area contributed by atoms with Gasteiger partial charge in [-0.25, -0.2) is 9.97 Å². The molecular weight excluding hydrogens is 375 g/mol. The number of carbonyl (C=O) groups excluding carboxylic acids is 1. The monoisotopic (exact) mass is 395 g/mol. The number of rotatable bonds is 5. The highest BCUT2D eigenvalue weighted by atomic mass is 19.4. The Hall–Kier alpha value is -2.72. The summed E-state index contributed by atoms with van der Waals surface area (Å²) >= 11 is 0. The van der Waals surface area contributed by atoms with E-state index in [1.165, 1.54) is 0 Å². The van der Waals surface area contributed by atoms with Crippen LogP contribution in [0.4, 0.5) is 24.8 Å². The number of anilines is 2. The zero-order valence-electron chi connectivity index (χ0n) is 15.2. The average Bonchev–Trinajstić information content (AvgIpc) is 2.67. The van der Waals surface area contributed by atoms with E-state index < -0.39 is 23.3 Å². The molecule has 1 saturated heterocycles. The summed E-state index contributed by atoms with van der Waals surface area (Å²) in [5, 5.41) is 5.21. The van der Waals surface area contributed by atoms with Gasteiger partial charge in [-0.3, -0.25) is 9.69 Å². The summed E-state index contributed by atoms with van der Waals surface area (Å²) in [7, 11) is 1.87. The molecule has 1 aromatic heterocycles. The van der Waals surface area contributed by atoms with Crippen molar-refractivity contribution < 1.29 is 22.7 Å². The van der Waals surface area contributed by atoms with E-state index in [-0.39, 0.29) is 18.5 Å². The first-order valence-electron chi connectivity index (χ1n) is 8.67. The van der Waals surface area contributed by atoms with Crippen molar-refractivity contribution in [2.45, 2.75) is 12.2 Å². The Morgan fingerprint density at radius 2 is 2.07 bits per heavy atom. The molecule has 1 atom stereocenters. The number of para-hydroxylation sites is 1. The van der Waals surface area contributed by atoms with E-state index in [9.17, 15) is 18.0 Å². The fraction of sp³-hybridized carbons (Fsp3) is 0.389. The molecule has 1 unspecified atom stereocenters. The van der Waals surface area contributed by atoms with Gasteiger partial charge in [0.2, 0.25) is 5.95 Å². The molecule has 1 fully saturated rings. The van der Waals surface area contributed by atoms with Gasteiger partial charge in [0.15, 0.2) is 5.69 Å². The lowest BCUT2D eigenvalue weighted by Crippen LogP contribution is -2.49. The van der Waals surface area contributed by atoms with Crippen molar-refractivity contribution in [2.75, 3.05) is 38.7 Å². The van der Waals surface area contributed by atoms with Crippen LogP contribution in [0.2, 0.25) is 0 Å². The van der Waals surface area contributed by atoms with Crippen LogP contribution in [0, 0.1) is 0 Å². The minimum absolute atomic E-state index is 0.105. The molecule has 0 bridgehead atoms. The number of nitrogens with zero attached hydrogens (tertiary/aromatic N) is 3. The molecular formula is C18H20F3N5O2. The SMILES string of the molecule is CN1CCOCC1CNC(=O)c1cnc(Nc2ccccc2)nc1C(F)(F)F. The number of likely N-dealkylation sites (N-methyl/N-ethyl adjacent to an activating group) is 1. The van der Waals surface area contributed by atoms with Gasteiger partial charge in [-0.15, -0.1) is 0 Å². The smallest absolute Gasteiger partial charge is 0.378 e. The molecule has 0 saturated carbocycles. The Labute approximate surface area is 159 Å². The fourth-order valence-corrected chi connectivity index (χ4v) is 2.73. The third-order valence-electron chi connectivity index (χ3n) is 4.35. The van der Waals surface area contributed by atoms with Crippen molar-refractivity contribution in [3.05, 3.63) is 47.8 Å². The molecule has 2 aromatic rings. The maximum absolute atomic E-state index is 13.5. The van der Waals surface area contributed by atoms with E-state index in [0.29, 0.717) is 25.4 Å². The number of hydrogen-bond donors (Lipinski definition) is 2. The van der Waals surface area contributed by atoms with Crippen LogP contribution in [0.1, 0.15) is 16.1 Å². The van der Waals surface area contributed by atoms with Crippen LogP contribution >= 0.6 is 0 Å². The van der Waals surface area contributed by atoms with Crippen molar-refractivity contribution in [1.29, 1.82) is 0 Å². The van der Waals surface area contributed by atoms with Crippen molar-refractivity contribution in [1.82, 2.24) is 20.2 Å². The van der Waals surface area contributed by atoms with Gasteiger partial charge in [-0.2, -0.15) is 13.2 Å². The highest BCUT2D eigenvalue weighted by Crippen LogP contribution is 2.31. The van der Waals surface area contributed by atoms with Gasteiger partial charge >= 0.3 is 6.18 Å². The van der Waals surface area contributed by atoms with E-state index in [2.05, 4.69) is 20.6 Å². The Morgan fingerprint density at radius 1 is 1.32 bits per heavy atom. The van der Waals surface area contributed by atoms with Gasteiger partial charge < -0.3 is 15.4 Å². The second-order valence-electron chi connectivity index (χ2n) is 6.36. The lowest BCUT2D eigenvalue weighted by Gasteiger charge is -2.32. The summed E-state index contributed by atoms with van der Waals surface area (Å²) in [4.78, 5) is 21.7. The largest absolute Gasteiger partial charge is 0.434 e. The zero-order valence-corrected chi connectivity index (χ0v) is 15.2. The average molecular weight is 395 g/mol. The van der Waals surface area contributed by atoms with Crippen LogP contribution in [-0.2, 0) is 10.9 Å². The molecule has 7 nitrogen and oxygen atoms in total. The summed E-state index contributed by atoms with van der Waals surface area (Å²) < 4.78 is 45.7. The van der Waals surface area contributed by atoms with Gasteiger partial charge in [0, 0.05) is 25.0 Å². The third kappa shape index (κ3) is 4.96. The number of nitrogens with one attached hydrogen (secondary N) is 2. The second-order valence-corrected chi connectivity index (χ2v) is 6.36. The lowest BCUT2D eigenvalue weighted by atomic mass is 10.2. The molecule has 1 aliphatic rings. The van der Waals surface area contributed by atoms with Gasteiger partial charge in [0.1, 0.15) is 0 Å². The highest BCUT2D eigenvalue weighted by molar-refractivity contribution is 5.95. The van der Waals surface area contributed by atoms with Gasteiger partial charge in [-0.05, 0) is 19.2 Å². The van der Waals surface area contributed by atoms with Gasteiger partial charge in [0.05, 0.1) is 24.8 Å². The number of ether oxygens (including phenoxy) is 1. The number of hydrogen-bond acceptors (Lipinski definition) is 6. The summed E-state index contributed by atoms with van der Waals surface area (Å²) in [6, 6.07) is 8.45. The first kappa shape index (κ1) is 20.0. The molecule has 0 radical (unpaired) electrons. The molecule has 1 amide bonds. The topological polar surface area (TPSA) is 79.4 Å².